The standard InChI is InChI=1S/C16H18N2O4/c1-2-6-15(19)17-18-16(20)14-10-9-13(22-14)11-21-12-7-4-3-5-8-12/h3-5,7-10H,2,6,11H2,1H3,(H,17,19)(H,18,20). The van der Waals surface area contributed by atoms with Crippen LogP contribution in [-0.2, 0) is 11.4 Å². The summed E-state index contributed by atoms with van der Waals surface area (Å²) in [6, 6.07) is 12.5. The number of hydrogen-bond donors (Lipinski definition) is 2. The molecule has 0 aliphatic carbocycles. The summed E-state index contributed by atoms with van der Waals surface area (Å²) >= 11 is 0. The Labute approximate surface area is 128 Å². The molecule has 2 amide bonds. The minimum Gasteiger partial charge on any atom is -0.486 e. The van der Waals surface area contributed by atoms with Gasteiger partial charge in [-0.2, -0.15) is 0 Å². The molecule has 0 saturated heterocycles. The van der Waals surface area contributed by atoms with Gasteiger partial charge in [0.25, 0.3) is 0 Å². The van der Waals surface area contributed by atoms with Crippen molar-refractivity contribution in [3.63, 3.8) is 0 Å². The summed E-state index contributed by atoms with van der Waals surface area (Å²) in [5, 5.41) is 0. The molecule has 0 saturated carbocycles. The van der Waals surface area contributed by atoms with E-state index >= 15 is 0 Å². The second kappa shape index (κ2) is 7.87. The van der Waals surface area contributed by atoms with Gasteiger partial charge in [0, 0.05) is 6.42 Å². The Morgan fingerprint density at radius 2 is 1.86 bits per heavy atom. The Morgan fingerprint density at radius 3 is 2.59 bits per heavy atom. The molecule has 0 spiro atoms. The SMILES string of the molecule is CCCC(=O)NNC(=O)c1ccc(COc2ccccc2)o1. The van der Waals surface area contributed by atoms with Crippen molar-refractivity contribution in [2.24, 2.45) is 0 Å². The lowest BCUT2D eigenvalue weighted by Crippen LogP contribution is -2.41. The zero-order valence-electron chi connectivity index (χ0n) is 12.3. The smallest absolute Gasteiger partial charge is 0.305 e. The summed E-state index contributed by atoms with van der Waals surface area (Å²) in [7, 11) is 0. The van der Waals surface area contributed by atoms with Gasteiger partial charge in [-0.25, -0.2) is 0 Å². The molecule has 0 unspecified atom stereocenters. The Morgan fingerprint density at radius 1 is 1.09 bits per heavy atom. The lowest BCUT2D eigenvalue weighted by atomic mass is 10.3. The van der Waals surface area contributed by atoms with Gasteiger partial charge < -0.3 is 9.15 Å². The molecular weight excluding hydrogens is 284 g/mol. The summed E-state index contributed by atoms with van der Waals surface area (Å²) in [4.78, 5) is 23.0. The minimum atomic E-state index is -0.504. The average Bonchev–Trinajstić information content (AvgIpc) is 3.01. The first-order valence-electron chi connectivity index (χ1n) is 7.04. The van der Waals surface area contributed by atoms with Gasteiger partial charge in [-0.05, 0) is 30.7 Å². The molecule has 2 aromatic rings. The Balaban J connectivity index is 1.83. The van der Waals surface area contributed by atoms with Crippen LogP contribution in [0.4, 0.5) is 0 Å². The first-order valence-corrected chi connectivity index (χ1v) is 7.04. The summed E-state index contributed by atoms with van der Waals surface area (Å²) in [6.45, 7) is 2.10. The first kappa shape index (κ1) is 15.6. The number of rotatable bonds is 6. The predicted molar refractivity (Wildman–Crippen MR) is 80.0 cm³/mol. The van der Waals surface area contributed by atoms with Crippen LogP contribution < -0.4 is 15.6 Å². The Kier molecular flexibility index (Phi) is 5.59. The van der Waals surface area contributed by atoms with E-state index in [9.17, 15) is 9.59 Å². The molecule has 1 aromatic carbocycles. The lowest BCUT2D eigenvalue weighted by Gasteiger charge is -2.05. The van der Waals surface area contributed by atoms with E-state index in [-0.39, 0.29) is 18.3 Å². The molecule has 6 heteroatoms. The highest BCUT2D eigenvalue weighted by Gasteiger charge is 2.12. The lowest BCUT2D eigenvalue weighted by molar-refractivity contribution is -0.121. The molecule has 2 N–H and O–H groups in total. The van der Waals surface area contributed by atoms with Crippen molar-refractivity contribution in [1.82, 2.24) is 10.9 Å². The first-order chi connectivity index (χ1) is 10.7. The summed E-state index contributed by atoms with van der Waals surface area (Å²) < 4.78 is 10.9. The summed E-state index contributed by atoms with van der Waals surface area (Å²) in [5.74, 6) is 0.611. The van der Waals surface area contributed by atoms with Crippen LogP contribution in [0.5, 0.6) is 5.75 Å². The van der Waals surface area contributed by atoms with Crippen molar-refractivity contribution >= 4 is 11.8 Å². The van der Waals surface area contributed by atoms with Gasteiger partial charge in [0.2, 0.25) is 5.91 Å². The average molecular weight is 302 g/mol. The van der Waals surface area contributed by atoms with E-state index in [4.69, 9.17) is 9.15 Å². The zero-order chi connectivity index (χ0) is 15.8. The number of hydrazine groups is 1. The summed E-state index contributed by atoms with van der Waals surface area (Å²) in [5.41, 5.74) is 4.62. The van der Waals surface area contributed by atoms with Crippen molar-refractivity contribution in [3.05, 3.63) is 54.0 Å². The van der Waals surface area contributed by atoms with Gasteiger partial charge in [0.1, 0.15) is 18.1 Å². The highest BCUT2D eigenvalue weighted by molar-refractivity contribution is 5.92. The highest BCUT2D eigenvalue weighted by atomic mass is 16.5. The normalized spacial score (nSPS) is 10.0. The van der Waals surface area contributed by atoms with Crippen molar-refractivity contribution < 1.29 is 18.7 Å². The molecule has 2 rings (SSSR count). The van der Waals surface area contributed by atoms with Crippen LogP contribution in [0.2, 0.25) is 0 Å². The number of carbonyl (C=O) groups excluding carboxylic acids is 2. The summed E-state index contributed by atoms with van der Waals surface area (Å²) in [6.07, 6.45) is 1.07. The van der Waals surface area contributed by atoms with Crippen molar-refractivity contribution in [1.29, 1.82) is 0 Å². The van der Waals surface area contributed by atoms with Gasteiger partial charge in [0.15, 0.2) is 5.76 Å². The quantitative estimate of drug-likeness (QED) is 0.803. The fourth-order valence-electron chi connectivity index (χ4n) is 1.73. The third kappa shape index (κ3) is 4.66. The van der Waals surface area contributed by atoms with Gasteiger partial charge in [-0.15, -0.1) is 0 Å². The van der Waals surface area contributed by atoms with Crippen molar-refractivity contribution in [2.45, 2.75) is 26.4 Å². The molecule has 0 radical (unpaired) electrons. The van der Waals surface area contributed by atoms with Crippen LogP contribution in [0.15, 0.2) is 46.9 Å². The van der Waals surface area contributed by atoms with Gasteiger partial charge in [-0.3, -0.25) is 20.4 Å². The fraction of sp³-hybridized carbons (Fsp3) is 0.250. The molecule has 6 nitrogen and oxygen atoms in total. The van der Waals surface area contributed by atoms with E-state index in [2.05, 4.69) is 10.9 Å². The van der Waals surface area contributed by atoms with E-state index in [1.54, 1.807) is 6.07 Å². The van der Waals surface area contributed by atoms with E-state index < -0.39 is 5.91 Å². The minimum absolute atomic E-state index is 0.114. The molecule has 0 aliphatic heterocycles. The molecular formula is C16H18N2O4. The zero-order valence-corrected chi connectivity index (χ0v) is 12.3. The van der Waals surface area contributed by atoms with E-state index in [0.29, 0.717) is 18.6 Å². The number of nitrogens with one attached hydrogen (secondary N) is 2. The fourth-order valence-corrected chi connectivity index (χ4v) is 1.73. The number of ether oxygens (including phenoxy) is 1. The maximum Gasteiger partial charge on any atom is 0.305 e. The Bertz CT molecular complexity index is 622. The van der Waals surface area contributed by atoms with Crippen LogP contribution in [0.25, 0.3) is 0 Å². The Hall–Kier alpha value is -2.76. The molecule has 1 aromatic heterocycles. The van der Waals surface area contributed by atoms with Crippen molar-refractivity contribution in [3.8, 4) is 5.75 Å². The topological polar surface area (TPSA) is 80.6 Å². The third-order valence-electron chi connectivity index (χ3n) is 2.80. The molecule has 0 fully saturated rings. The number of hydrogen-bond acceptors (Lipinski definition) is 4. The molecule has 0 atom stereocenters. The van der Waals surface area contributed by atoms with Gasteiger partial charge in [0.05, 0.1) is 0 Å². The van der Waals surface area contributed by atoms with E-state index in [0.717, 1.165) is 5.75 Å². The van der Waals surface area contributed by atoms with Crippen LogP contribution in [-0.4, -0.2) is 11.8 Å². The molecule has 1 heterocycles. The molecule has 116 valence electrons. The molecule has 0 aliphatic rings. The number of benzene rings is 1. The maximum absolute atomic E-state index is 11.8. The van der Waals surface area contributed by atoms with Crippen LogP contribution in [0.1, 0.15) is 36.1 Å². The predicted octanol–water partition coefficient (Wildman–Crippen LogP) is 2.42. The number of furan rings is 1. The van der Waals surface area contributed by atoms with Gasteiger partial charge in [-0.1, -0.05) is 25.1 Å². The van der Waals surface area contributed by atoms with E-state index in [1.165, 1.54) is 6.07 Å². The van der Waals surface area contributed by atoms with Crippen LogP contribution >= 0.6 is 0 Å². The second-order valence-electron chi connectivity index (χ2n) is 4.62. The van der Waals surface area contributed by atoms with Crippen LogP contribution in [0.3, 0.4) is 0 Å². The van der Waals surface area contributed by atoms with Crippen LogP contribution in [0, 0.1) is 0 Å². The molecule has 22 heavy (non-hydrogen) atoms. The van der Waals surface area contributed by atoms with E-state index in [1.807, 2.05) is 37.3 Å². The van der Waals surface area contributed by atoms with Gasteiger partial charge >= 0.3 is 5.91 Å². The third-order valence-corrected chi connectivity index (χ3v) is 2.80. The van der Waals surface area contributed by atoms with Crippen molar-refractivity contribution in [2.75, 3.05) is 0 Å². The maximum atomic E-state index is 11.8. The monoisotopic (exact) mass is 302 g/mol. The molecule has 0 bridgehead atoms. The number of carbonyl (C=O) groups is 2. The second-order valence-corrected chi connectivity index (χ2v) is 4.62. The highest BCUT2D eigenvalue weighted by Crippen LogP contribution is 2.13. The number of para-hydroxylation sites is 1. The number of amides is 2. The largest absolute Gasteiger partial charge is 0.486 e.